The van der Waals surface area contributed by atoms with E-state index in [1.165, 1.54) is 38.1 Å². The first-order valence-electron chi connectivity index (χ1n) is 4.80. The Balaban J connectivity index is 2.06. The molecular formula is C9H20N2S. The molecule has 0 spiro atoms. The number of nitrogens with two attached hydrogens (primary N) is 1. The lowest BCUT2D eigenvalue weighted by Gasteiger charge is -2.30. The van der Waals surface area contributed by atoms with Crippen LogP contribution in [0.2, 0.25) is 0 Å². The first kappa shape index (κ1) is 10.4. The van der Waals surface area contributed by atoms with Crippen LogP contribution in [0.25, 0.3) is 0 Å². The van der Waals surface area contributed by atoms with Gasteiger partial charge in [-0.15, -0.1) is 0 Å². The van der Waals surface area contributed by atoms with Gasteiger partial charge in [0.2, 0.25) is 0 Å². The predicted octanol–water partition coefficient (Wildman–Crippen LogP) is 1.16. The number of hydrogen-bond donors (Lipinski definition) is 1. The van der Waals surface area contributed by atoms with Crippen LogP contribution in [-0.2, 0) is 0 Å². The summed E-state index contributed by atoms with van der Waals surface area (Å²) in [6.07, 6.45) is 6.00. The lowest BCUT2D eigenvalue weighted by atomic mass is 10.1. The van der Waals surface area contributed by atoms with Crippen LogP contribution in [0.1, 0.15) is 19.3 Å². The normalized spacial score (nSPS) is 26.0. The molecule has 1 aliphatic heterocycles. The molecule has 0 aromatic heterocycles. The zero-order valence-electron chi connectivity index (χ0n) is 7.96. The average molecular weight is 188 g/mol. The van der Waals surface area contributed by atoms with E-state index in [0.717, 1.165) is 6.54 Å². The molecule has 2 nitrogen and oxygen atoms in total. The molecule has 1 fully saturated rings. The summed E-state index contributed by atoms with van der Waals surface area (Å²) >= 11 is 1.93. The van der Waals surface area contributed by atoms with Crippen molar-refractivity contribution in [3.8, 4) is 0 Å². The Morgan fingerprint density at radius 3 is 3.08 bits per heavy atom. The van der Waals surface area contributed by atoms with Crippen LogP contribution < -0.4 is 5.73 Å². The Morgan fingerprint density at radius 1 is 1.58 bits per heavy atom. The first-order chi connectivity index (χ1) is 5.83. The third-order valence-corrected chi connectivity index (χ3v) is 3.06. The molecule has 0 aliphatic carbocycles. The topological polar surface area (TPSA) is 29.3 Å². The van der Waals surface area contributed by atoms with Gasteiger partial charge >= 0.3 is 0 Å². The number of likely N-dealkylation sites (tertiary alicyclic amines) is 1. The van der Waals surface area contributed by atoms with Crippen molar-refractivity contribution in [2.45, 2.75) is 25.3 Å². The number of hydrogen-bond acceptors (Lipinski definition) is 3. The van der Waals surface area contributed by atoms with Crippen molar-refractivity contribution in [2.24, 2.45) is 5.73 Å². The van der Waals surface area contributed by atoms with Crippen LogP contribution >= 0.6 is 11.8 Å². The highest BCUT2D eigenvalue weighted by Crippen LogP contribution is 2.09. The fourth-order valence-corrected chi connectivity index (χ4v) is 2.14. The van der Waals surface area contributed by atoms with Gasteiger partial charge in [0.15, 0.2) is 0 Å². The Hall–Kier alpha value is 0.270. The summed E-state index contributed by atoms with van der Waals surface area (Å²) in [6, 6.07) is 0.438. The molecule has 0 aromatic rings. The minimum atomic E-state index is 0.438. The van der Waals surface area contributed by atoms with Crippen LogP contribution in [0.3, 0.4) is 0 Å². The molecule has 0 saturated carbocycles. The van der Waals surface area contributed by atoms with E-state index in [4.69, 9.17) is 5.73 Å². The molecule has 1 rings (SSSR count). The molecule has 0 unspecified atom stereocenters. The van der Waals surface area contributed by atoms with E-state index in [9.17, 15) is 0 Å². The van der Waals surface area contributed by atoms with Gasteiger partial charge in [0, 0.05) is 12.6 Å². The molecule has 1 heterocycles. The SMILES string of the molecule is CSCCCN1CCC[C@@H](N)C1. The highest BCUT2D eigenvalue weighted by atomic mass is 32.2. The minimum absolute atomic E-state index is 0.438. The lowest BCUT2D eigenvalue weighted by Crippen LogP contribution is -2.43. The summed E-state index contributed by atoms with van der Waals surface area (Å²) in [7, 11) is 0. The molecule has 0 aromatic carbocycles. The Labute approximate surface area is 79.9 Å². The molecule has 1 saturated heterocycles. The van der Waals surface area contributed by atoms with Crippen molar-refractivity contribution in [3.05, 3.63) is 0 Å². The van der Waals surface area contributed by atoms with Gasteiger partial charge in [0.05, 0.1) is 0 Å². The highest BCUT2D eigenvalue weighted by molar-refractivity contribution is 7.98. The average Bonchev–Trinajstić information content (AvgIpc) is 2.05. The van der Waals surface area contributed by atoms with E-state index in [0.29, 0.717) is 6.04 Å². The van der Waals surface area contributed by atoms with Gasteiger partial charge in [-0.05, 0) is 44.4 Å². The summed E-state index contributed by atoms with van der Waals surface area (Å²) in [5, 5.41) is 0. The highest BCUT2D eigenvalue weighted by Gasteiger charge is 2.15. The summed E-state index contributed by atoms with van der Waals surface area (Å²) < 4.78 is 0. The maximum Gasteiger partial charge on any atom is 0.0168 e. The van der Waals surface area contributed by atoms with E-state index in [1.807, 2.05) is 11.8 Å². The van der Waals surface area contributed by atoms with E-state index in [-0.39, 0.29) is 0 Å². The second-order valence-corrected chi connectivity index (χ2v) is 4.53. The van der Waals surface area contributed by atoms with E-state index in [1.54, 1.807) is 0 Å². The molecule has 2 N–H and O–H groups in total. The molecule has 0 bridgehead atoms. The smallest absolute Gasteiger partial charge is 0.0168 e. The van der Waals surface area contributed by atoms with Crippen LogP contribution in [-0.4, -0.2) is 42.6 Å². The number of thioether (sulfide) groups is 1. The zero-order valence-corrected chi connectivity index (χ0v) is 8.78. The third kappa shape index (κ3) is 3.78. The van der Waals surface area contributed by atoms with Crippen LogP contribution in [0, 0.1) is 0 Å². The van der Waals surface area contributed by atoms with Gasteiger partial charge in [-0.1, -0.05) is 0 Å². The van der Waals surface area contributed by atoms with E-state index in [2.05, 4.69) is 11.2 Å². The van der Waals surface area contributed by atoms with Crippen LogP contribution in [0.15, 0.2) is 0 Å². The number of nitrogens with zero attached hydrogens (tertiary/aromatic N) is 1. The molecule has 1 atom stereocenters. The Morgan fingerprint density at radius 2 is 2.42 bits per heavy atom. The summed E-state index contributed by atoms with van der Waals surface area (Å²) in [5.41, 5.74) is 5.88. The number of piperidine rings is 1. The summed E-state index contributed by atoms with van der Waals surface area (Å²) in [4.78, 5) is 2.50. The van der Waals surface area contributed by atoms with E-state index >= 15 is 0 Å². The van der Waals surface area contributed by atoms with Gasteiger partial charge in [0.25, 0.3) is 0 Å². The monoisotopic (exact) mass is 188 g/mol. The van der Waals surface area contributed by atoms with Crippen LogP contribution in [0.4, 0.5) is 0 Å². The summed E-state index contributed by atoms with van der Waals surface area (Å²) in [6.45, 7) is 3.63. The van der Waals surface area contributed by atoms with Gasteiger partial charge < -0.3 is 10.6 Å². The van der Waals surface area contributed by atoms with Gasteiger partial charge in [-0.2, -0.15) is 11.8 Å². The van der Waals surface area contributed by atoms with Crippen molar-refractivity contribution in [2.75, 3.05) is 31.6 Å². The molecule has 3 heteroatoms. The largest absolute Gasteiger partial charge is 0.327 e. The van der Waals surface area contributed by atoms with Crippen molar-refractivity contribution in [3.63, 3.8) is 0 Å². The fourth-order valence-electron chi connectivity index (χ4n) is 1.73. The third-order valence-electron chi connectivity index (χ3n) is 2.36. The van der Waals surface area contributed by atoms with Crippen molar-refractivity contribution in [1.82, 2.24) is 4.90 Å². The molecule has 1 aliphatic rings. The second-order valence-electron chi connectivity index (χ2n) is 3.55. The number of rotatable bonds is 4. The predicted molar refractivity (Wildman–Crippen MR) is 56.6 cm³/mol. The zero-order chi connectivity index (χ0) is 8.81. The molecule has 0 radical (unpaired) electrons. The maximum absolute atomic E-state index is 5.88. The van der Waals surface area contributed by atoms with Gasteiger partial charge in [-0.3, -0.25) is 0 Å². The maximum atomic E-state index is 5.88. The van der Waals surface area contributed by atoms with Crippen LogP contribution in [0.5, 0.6) is 0 Å². The van der Waals surface area contributed by atoms with Crippen molar-refractivity contribution < 1.29 is 0 Å². The summed E-state index contributed by atoms with van der Waals surface area (Å²) in [5.74, 6) is 1.28. The molecule has 12 heavy (non-hydrogen) atoms. The Kier molecular flexibility index (Phi) is 5.04. The van der Waals surface area contributed by atoms with E-state index < -0.39 is 0 Å². The molecule has 0 amide bonds. The standard InChI is InChI=1S/C9H20N2S/c1-12-7-3-6-11-5-2-4-9(10)8-11/h9H,2-8,10H2,1H3/t9-/m1/s1. The lowest BCUT2D eigenvalue weighted by molar-refractivity contribution is 0.210. The Bertz CT molecular complexity index is 119. The van der Waals surface area contributed by atoms with Crippen molar-refractivity contribution >= 4 is 11.8 Å². The van der Waals surface area contributed by atoms with Crippen molar-refractivity contribution in [1.29, 1.82) is 0 Å². The van der Waals surface area contributed by atoms with Gasteiger partial charge in [0.1, 0.15) is 0 Å². The minimum Gasteiger partial charge on any atom is -0.327 e. The molecular weight excluding hydrogens is 168 g/mol. The second kappa shape index (κ2) is 5.84. The first-order valence-corrected chi connectivity index (χ1v) is 6.19. The molecule has 72 valence electrons. The fraction of sp³-hybridized carbons (Fsp3) is 1.00. The quantitative estimate of drug-likeness (QED) is 0.671. The van der Waals surface area contributed by atoms with Gasteiger partial charge in [-0.25, -0.2) is 0 Å².